The van der Waals surface area contributed by atoms with Crippen LogP contribution >= 0.6 is 0 Å². The fraction of sp³-hybridized carbons (Fsp3) is 0.455. The summed E-state index contributed by atoms with van der Waals surface area (Å²) in [6, 6.07) is 9.24. The Morgan fingerprint density at radius 1 is 1.33 bits per heavy atom. The van der Waals surface area contributed by atoms with Gasteiger partial charge >= 0.3 is 0 Å². The highest BCUT2D eigenvalue weighted by atomic mass is 14.7. The van der Waals surface area contributed by atoms with Gasteiger partial charge in [0.15, 0.2) is 0 Å². The van der Waals surface area contributed by atoms with E-state index in [0.29, 0.717) is 6.04 Å². The summed E-state index contributed by atoms with van der Waals surface area (Å²) < 4.78 is 0. The normalized spacial score (nSPS) is 27.2. The molecule has 1 saturated carbocycles. The highest BCUT2D eigenvalue weighted by molar-refractivity contribution is 5.22. The number of nitrogens with two attached hydrogens (primary N) is 1. The molecule has 1 aliphatic rings. The van der Waals surface area contributed by atoms with Gasteiger partial charge in [0.2, 0.25) is 0 Å². The molecule has 12 heavy (non-hydrogen) atoms. The molecule has 0 spiro atoms. The van der Waals surface area contributed by atoms with E-state index >= 15 is 0 Å². The van der Waals surface area contributed by atoms with Crippen molar-refractivity contribution in [3.8, 4) is 0 Å². The molecule has 1 aromatic rings. The smallest absolute Gasteiger partial charge is 0.00742 e. The molecule has 0 aliphatic heterocycles. The van der Waals surface area contributed by atoms with Gasteiger partial charge in [-0.1, -0.05) is 29.8 Å². The number of hydrogen-bond acceptors (Lipinski definition) is 1. The van der Waals surface area contributed by atoms with Gasteiger partial charge in [0.05, 0.1) is 0 Å². The molecule has 0 bridgehead atoms. The second-order valence-electron chi connectivity index (χ2n) is 3.85. The number of hydrogen-bond donors (Lipinski definition) is 1. The molecular formula is C11H15N. The fourth-order valence-electron chi connectivity index (χ4n) is 1.53. The van der Waals surface area contributed by atoms with Crippen LogP contribution in [0.2, 0.25) is 0 Å². The van der Waals surface area contributed by atoms with E-state index in [0.717, 1.165) is 5.92 Å². The maximum Gasteiger partial charge on any atom is 0.00742 e. The summed E-state index contributed by atoms with van der Waals surface area (Å²) in [7, 11) is 0. The maximum atomic E-state index is 5.74. The van der Waals surface area contributed by atoms with Crippen LogP contribution in [0.1, 0.15) is 17.5 Å². The number of benzene rings is 1. The molecule has 1 aromatic carbocycles. The van der Waals surface area contributed by atoms with Crippen LogP contribution in [-0.4, -0.2) is 6.04 Å². The molecule has 0 heterocycles. The van der Waals surface area contributed by atoms with E-state index in [2.05, 4.69) is 31.2 Å². The Hall–Kier alpha value is -0.820. The van der Waals surface area contributed by atoms with E-state index in [1.807, 2.05) is 0 Å². The summed E-state index contributed by atoms with van der Waals surface area (Å²) >= 11 is 0. The topological polar surface area (TPSA) is 26.0 Å². The first-order valence-electron chi connectivity index (χ1n) is 4.57. The van der Waals surface area contributed by atoms with Crippen LogP contribution in [-0.2, 0) is 6.42 Å². The minimum absolute atomic E-state index is 0.478. The molecule has 1 aliphatic carbocycles. The van der Waals surface area contributed by atoms with Crippen LogP contribution in [0.3, 0.4) is 0 Å². The molecular weight excluding hydrogens is 146 g/mol. The van der Waals surface area contributed by atoms with Crippen LogP contribution in [0.4, 0.5) is 0 Å². The summed E-state index contributed by atoms with van der Waals surface area (Å²) in [5.41, 5.74) is 8.51. The minimum atomic E-state index is 0.478. The Labute approximate surface area is 73.6 Å². The van der Waals surface area contributed by atoms with Crippen molar-refractivity contribution in [1.29, 1.82) is 0 Å². The van der Waals surface area contributed by atoms with Crippen LogP contribution in [0.5, 0.6) is 0 Å². The third-order valence-corrected chi connectivity index (χ3v) is 2.60. The van der Waals surface area contributed by atoms with Crippen molar-refractivity contribution in [3.05, 3.63) is 35.4 Å². The van der Waals surface area contributed by atoms with E-state index < -0.39 is 0 Å². The predicted molar refractivity (Wildman–Crippen MR) is 51.0 cm³/mol. The van der Waals surface area contributed by atoms with E-state index in [9.17, 15) is 0 Å². The predicted octanol–water partition coefficient (Wildman–Crippen LogP) is 1.88. The molecule has 1 nitrogen and oxygen atoms in total. The Bertz CT molecular complexity index is 263. The quantitative estimate of drug-likeness (QED) is 0.704. The van der Waals surface area contributed by atoms with Crippen LogP contribution in [0, 0.1) is 12.8 Å². The molecule has 0 radical (unpaired) electrons. The summed E-state index contributed by atoms with van der Waals surface area (Å²) in [5.74, 6) is 0.757. The van der Waals surface area contributed by atoms with Crippen molar-refractivity contribution in [2.24, 2.45) is 11.7 Å². The van der Waals surface area contributed by atoms with Crippen molar-refractivity contribution in [2.75, 3.05) is 0 Å². The van der Waals surface area contributed by atoms with Gasteiger partial charge in [-0.2, -0.15) is 0 Å². The zero-order valence-corrected chi connectivity index (χ0v) is 7.46. The summed E-state index contributed by atoms with van der Waals surface area (Å²) in [4.78, 5) is 0. The molecule has 0 aromatic heterocycles. The molecule has 2 unspecified atom stereocenters. The first-order chi connectivity index (χ1) is 5.75. The average Bonchev–Trinajstić information content (AvgIpc) is 2.72. The van der Waals surface area contributed by atoms with Crippen molar-refractivity contribution < 1.29 is 0 Å². The Morgan fingerprint density at radius 2 is 1.92 bits per heavy atom. The second kappa shape index (κ2) is 2.91. The van der Waals surface area contributed by atoms with Gasteiger partial charge in [0, 0.05) is 6.04 Å². The SMILES string of the molecule is Cc1ccc(CC2CC2N)cc1. The van der Waals surface area contributed by atoms with Crippen molar-refractivity contribution in [1.82, 2.24) is 0 Å². The average molecular weight is 161 g/mol. The van der Waals surface area contributed by atoms with E-state index in [-0.39, 0.29) is 0 Å². The zero-order chi connectivity index (χ0) is 8.55. The lowest BCUT2D eigenvalue weighted by atomic mass is 10.1. The summed E-state index contributed by atoms with van der Waals surface area (Å²) in [5, 5.41) is 0. The van der Waals surface area contributed by atoms with E-state index in [1.54, 1.807) is 0 Å². The Morgan fingerprint density at radius 3 is 2.42 bits per heavy atom. The van der Waals surface area contributed by atoms with Gasteiger partial charge in [-0.3, -0.25) is 0 Å². The molecule has 64 valence electrons. The monoisotopic (exact) mass is 161 g/mol. The number of aryl methyl sites for hydroxylation is 1. The van der Waals surface area contributed by atoms with Gasteiger partial charge in [0.25, 0.3) is 0 Å². The second-order valence-corrected chi connectivity index (χ2v) is 3.85. The van der Waals surface area contributed by atoms with Gasteiger partial charge in [0.1, 0.15) is 0 Å². The molecule has 2 N–H and O–H groups in total. The molecule has 2 rings (SSSR count). The first kappa shape index (κ1) is 7.81. The van der Waals surface area contributed by atoms with Crippen LogP contribution < -0.4 is 5.73 Å². The minimum Gasteiger partial charge on any atom is -0.327 e. The van der Waals surface area contributed by atoms with Crippen molar-refractivity contribution >= 4 is 0 Å². The van der Waals surface area contributed by atoms with E-state index in [1.165, 1.54) is 24.0 Å². The highest BCUT2D eigenvalue weighted by Gasteiger charge is 2.32. The van der Waals surface area contributed by atoms with Crippen molar-refractivity contribution in [2.45, 2.75) is 25.8 Å². The van der Waals surface area contributed by atoms with Gasteiger partial charge < -0.3 is 5.73 Å². The van der Waals surface area contributed by atoms with E-state index in [4.69, 9.17) is 5.73 Å². The summed E-state index contributed by atoms with van der Waals surface area (Å²) in [6.45, 7) is 2.12. The van der Waals surface area contributed by atoms with Gasteiger partial charge in [-0.25, -0.2) is 0 Å². The lowest BCUT2D eigenvalue weighted by Gasteiger charge is -1.99. The lowest BCUT2D eigenvalue weighted by molar-refractivity contribution is 0.786. The standard InChI is InChI=1S/C11H15N/c1-8-2-4-9(5-3-8)6-10-7-11(10)12/h2-5,10-11H,6-7,12H2,1H3. The van der Waals surface area contributed by atoms with Gasteiger partial charge in [-0.15, -0.1) is 0 Å². The fourth-order valence-corrected chi connectivity index (χ4v) is 1.53. The lowest BCUT2D eigenvalue weighted by Crippen LogP contribution is -2.03. The zero-order valence-electron chi connectivity index (χ0n) is 7.46. The molecule has 0 saturated heterocycles. The summed E-state index contributed by atoms with van der Waals surface area (Å²) in [6.07, 6.45) is 2.38. The van der Waals surface area contributed by atoms with Gasteiger partial charge in [-0.05, 0) is 31.2 Å². The molecule has 1 fully saturated rings. The maximum absolute atomic E-state index is 5.74. The Kier molecular flexibility index (Phi) is 1.89. The molecule has 2 atom stereocenters. The van der Waals surface area contributed by atoms with Crippen LogP contribution in [0.25, 0.3) is 0 Å². The van der Waals surface area contributed by atoms with Crippen molar-refractivity contribution in [3.63, 3.8) is 0 Å². The highest BCUT2D eigenvalue weighted by Crippen LogP contribution is 2.31. The Balaban J connectivity index is 2.00. The number of rotatable bonds is 2. The third kappa shape index (κ3) is 1.67. The molecule has 1 heteroatoms. The van der Waals surface area contributed by atoms with Crippen LogP contribution in [0.15, 0.2) is 24.3 Å². The first-order valence-corrected chi connectivity index (χ1v) is 4.57. The largest absolute Gasteiger partial charge is 0.327 e. The third-order valence-electron chi connectivity index (χ3n) is 2.60. The molecule has 0 amide bonds.